The Morgan fingerprint density at radius 3 is 1.78 bits per heavy atom. The van der Waals surface area contributed by atoms with Gasteiger partial charge in [-0.25, -0.2) is 0 Å². The molecule has 5 heteroatoms. The summed E-state index contributed by atoms with van der Waals surface area (Å²) in [6.07, 6.45) is 0.471. The van der Waals surface area contributed by atoms with Crippen molar-refractivity contribution in [2.24, 2.45) is 0 Å². The predicted molar refractivity (Wildman–Crippen MR) is 38.3 cm³/mol. The average Bonchev–Trinajstić information content (AvgIpc) is 1.69. The molecule has 0 aromatic rings. The van der Waals surface area contributed by atoms with Crippen LogP contribution in [0.2, 0.25) is 4.17 Å². The SMILES string of the molecule is CCCS(=O)(=O)O.[CH3][Na]. The summed E-state index contributed by atoms with van der Waals surface area (Å²) in [6.45, 7) is 1.69. The number of hydrogen-bond acceptors (Lipinski definition) is 2. The van der Waals surface area contributed by atoms with Gasteiger partial charge >= 0.3 is 32.1 Å². The fraction of sp³-hybridized carbons (Fsp3) is 1.00. The minimum atomic E-state index is -3.67. The Morgan fingerprint density at radius 2 is 1.78 bits per heavy atom. The third-order valence-electron chi connectivity index (χ3n) is 0.462. The van der Waals surface area contributed by atoms with Crippen molar-refractivity contribution in [2.45, 2.75) is 17.5 Å². The first kappa shape index (κ1) is 12.6. The molecule has 0 heterocycles. The molecule has 0 atom stereocenters. The van der Waals surface area contributed by atoms with Crippen molar-refractivity contribution in [2.75, 3.05) is 5.75 Å². The summed E-state index contributed by atoms with van der Waals surface area (Å²) in [7, 11) is -3.67. The van der Waals surface area contributed by atoms with Gasteiger partial charge < -0.3 is 0 Å². The zero-order chi connectivity index (χ0) is 7.91. The Balaban J connectivity index is 0. The summed E-state index contributed by atoms with van der Waals surface area (Å²) in [5, 5.41) is 0. The van der Waals surface area contributed by atoms with Gasteiger partial charge in [0.05, 0.1) is 5.75 Å². The van der Waals surface area contributed by atoms with E-state index in [1.54, 1.807) is 6.92 Å². The predicted octanol–water partition coefficient (Wildman–Crippen LogP) is 0.487. The maximum atomic E-state index is 9.79. The van der Waals surface area contributed by atoms with E-state index in [9.17, 15) is 8.42 Å². The Bertz CT molecular complexity index is 129. The molecule has 3 nitrogen and oxygen atoms in total. The Kier molecular flexibility index (Phi) is 9.81. The van der Waals surface area contributed by atoms with E-state index in [1.165, 1.54) is 27.9 Å². The summed E-state index contributed by atoms with van der Waals surface area (Å²) < 4.78 is 29.7. The fourth-order valence-corrected chi connectivity index (χ4v) is 0.774. The van der Waals surface area contributed by atoms with Crippen LogP contribution in [0.5, 0.6) is 0 Å². The molecule has 0 aliphatic carbocycles. The summed E-state index contributed by atoms with van der Waals surface area (Å²) in [6, 6.07) is 0. The second-order valence-corrected chi connectivity index (χ2v) is 2.86. The molecule has 0 radical (unpaired) electrons. The standard InChI is InChI=1S/C3H8O3S.CH3.Na/c1-2-3-7(4,5)6;;/h2-3H2,1H3,(H,4,5,6);1H3;. The molecule has 0 bridgehead atoms. The second kappa shape index (κ2) is 7.02. The molecule has 0 rings (SSSR count). The van der Waals surface area contributed by atoms with Crippen LogP contribution in [-0.2, 0) is 10.1 Å². The van der Waals surface area contributed by atoms with Crippen LogP contribution in [0, 0.1) is 0 Å². The summed E-state index contributed by atoms with van der Waals surface area (Å²) in [4.78, 5) is 0. The monoisotopic (exact) mass is 162 g/mol. The zero-order valence-electron chi connectivity index (χ0n) is 6.09. The van der Waals surface area contributed by atoms with Crippen LogP contribution in [0.15, 0.2) is 0 Å². The van der Waals surface area contributed by atoms with Crippen LogP contribution in [0.25, 0.3) is 0 Å². The molecule has 0 spiro atoms. The Labute approximate surface area is 74.0 Å². The maximum absolute atomic E-state index is 9.79. The van der Waals surface area contributed by atoms with Crippen LogP contribution in [0.4, 0.5) is 0 Å². The fourth-order valence-electron chi connectivity index (χ4n) is 0.258. The molecule has 0 aromatic heterocycles. The average molecular weight is 162 g/mol. The van der Waals surface area contributed by atoms with E-state index in [0.29, 0.717) is 6.42 Å². The Morgan fingerprint density at radius 1 is 1.44 bits per heavy atom. The third kappa shape index (κ3) is 17.6. The first-order valence-corrected chi connectivity index (χ1v) is 6.62. The zero-order valence-corrected chi connectivity index (χ0v) is 8.90. The normalized spacial score (nSPS) is 9.89. The topological polar surface area (TPSA) is 54.4 Å². The summed E-state index contributed by atoms with van der Waals surface area (Å²) in [5.74, 6) is -0.132. The first-order chi connectivity index (χ1) is 4.06. The molecular weight excluding hydrogens is 151 g/mol. The van der Waals surface area contributed by atoms with Crippen molar-refractivity contribution in [3.63, 3.8) is 0 Å². The number of hydrogen-bond donors (Lipinski definition) is 1. The van der Waals surface area contributed by atoms with Crippen LogP contribution < -0.4 is 0 Å². The van der Waals surface area contributed by atoms with E-state index in [0.717, 1.165) is 0 Å². The summed E-state index contributed by atoms with van der Waals surface area (Å²) in [5.41, 5.74) is 0. The van der Waals surface area contributed by atoms with Gasteiger partial charge in [-0.05, 0) is 6.42 Å². The molecule has 0 fully saturated rings. The van der Waals surface area contributed by atoms with E-state index in [-0.39, 0.29) is 5.75 Å². The second-order valence-electron chi connectivity index (χ2n) is 1.29. The van der Waals surface area contributed by atoms with Crippen molar-refractivity contribution in [3.05, 3.63) is 0 Å². The van der Waals surface area contributed by atoms with E-state index < -0.39 is 10.1 Å². The van der Waals surface area contributed by atoms with Gasteiger partial charge in [-0.3, -0.25) is 4.55 Å². The van der Waals surface area contributed by atoms with Crippen LogP contribution in [0.1, 0.15) is 13.3 Å². The van der Waals surface area contributed by atoms with Crippen molar-refractivity contribution >= 4 is 38.0 Å². The van der Waals surface area contributed by atoms with Crippen molar-refractivity contribution in [3.8, 4) is 0 Å². The van der Waals surface area contributed by atoms with Gasteiger partial charge in [0.25, 0.3) is 10.1 Å². The van der Waals surface area contributed by atoms with Crippen LogP contribution >= 0.6 is 0 Å². The van der Waals surface area contributed by atoms with Crippen molar-refractivity contribution in [1.29, 1.82) is 0 Å². The van der Waals surface area contributed by atoms with E-state index in [1.807, 2.05) is 0 Å². The molecule has 0 aromatic carbocycles. The first-order valence-electron chi connectivity index (χ1n) is 3.01. The third-order valence-corrected chi connectivity index (χ3v) is 1.39. The molecule has 0 unspecified atom stereocenters. The van der Waals surface area contributed by atoms with Gasteiger partial charge in [0.2, 0.25) is 0 Å². The van der Waals surface area contributed by atoms with Crippen LogP contribution in [-0.4, -0.2) is 46.7 Å². The van der Waals surface area contributed by atoms with Gasteiger partial charge in [-0.1, -0.05) is 6.92 Å². The van der Waals surface area contributed by atoms with Gasteiger partial charge in [0.15, 0.2) is 0 Å². The molecule has 0 saturated carbocycles. The Hall–Kier alpha value is 0.910. The molecule has 0 amide bonds. The van der Waals surface area contributed by atoms with Crippen molar-refractivity contribution in [1.82, 2.24) is 0 Å². The quantitative estimate of drug-likeness (QED) is 0.475. The molecule has 0 aliphatic rings. The molecule has 52 valence electrons. The van der Waals surface area contributed by atoms with Gasteiger partial charge in [0, 0.05) is 0 Å². The molecule has 0 aliphatic heterocycles. The molecular formula is C4H11NaO3S. The van der Waals surface area contributed by atoms with Crippen LogP contribution in [0.3, 0.4) is 0 Å². The van der Waals surface area contributed by atoms with E-state index >= 15 is 0 Å². The molecule has 0 saturated heterocycles. The van der Waals surface area contributed by atoms with Gasteiger partial charge in [-0.15, -0.1) is 0 Å². The molecule has 9 heavy (non-hydrogen) atoms. The minimum absolute atomic E-state index is 0.132. The van der Waals surface area contributed by atoms with Gasteiger partial charge in [-0.2, -0.15) is 8.42 Å². The van der Waals surface area contributed by atoms with Gasteiger partial charge in [0.1, 0.15) is 0 Å². The molecule has 1 N–H and O–H groups in total. The summed E-state index contributed by atoms with van der Waals surface area (Å²) >= 11 is 1.31. The van der Waals surface area contributed by atoms with E-state index in [2.05, 4.69) is 4.17 Å². The van der Waals surface area contributed by atoms with Crippen molar-refractivity contribution < 1.29 is 13.0 Å². The van der Waals surface area contributed by atoms with E-state index in [4.69, 9.17) is 4.55 Å². The number of rotatable bonds is 2.